The monoisotopic (exact) mass is 500 g/mol. The molecule has 0 bridgehead atoms. The summed E-state index contributed by atoms with van der Waals surface area (Å²) < 4.78 is 0. The molecule has 4 aromatic rings. The van der Waals surface area contributed by atoms with Gasteiger partial charge in [0.25, 0.3) is 0 Å². The molecule has 34 heavy (non-hydrogen) atoms. The summed E-state index contributed by atoms with van der Waals surface area (Å²) in [6, 6.07) is 27.7. The van der Waals surface area contributed by atoms with E-state index >= 15 is 0 Å². The topological polar surface area (TPSA) is 36.7 Å². The standard InChI is InChI=1S/C29H28N2S3/c1-29(2,3)23-13-11-21(12-14-23)20-32-16-17-34-28-25(19-30)24(22-8-5-4-6-9-22)18-26(31-28)27-10-7-15-33-27/h4-15,18H,16-17,20H2,1-3H3. The Morgan fingerprint density at radius 3 is 2.35 bits per heavy atom. The molecule has 0 saturated carbocycles. The van der Waals surface area contributed by atoms with E-state index in [1.165, 1.54) is 11.1 Å². The van der Waals surface area contributed by atoms with Crippen LogP contribution in [0.1, 0.15) is 37.5 Å². The number of thiophene rings is 1. The Hall–Kier alpha value is -2.52. The highest BCUT2D eigenvalue weighted by molar-refractivity contribution is 8.02. The fourth-order valence-electron chi connectivity index (χ4n) is 3.62. The summed E-state index contributed by atoms with van der Waals surface area (Å²) in [5, 5.41) is 12.9. The van der Waals surface area contributed by atoms with Gasteiger partial charge in [0.15, 0.2) is 0 Å². The minimum Gasteiger partial charge on any atom is -0.239 e. The number of hydrogen-bond donors (Lipinski definition) is 0. The Morgan fingerprint density at radius 1 is 0.941 bits per heavy atom. The zero-order valence-electron chi connectivity index (χ0n) is 19.7. The molecule has 0 unspecified atom stereocenters. The van der Waals surface area contributed by atoms with E-state index < -0.39 is 0 Å². The van der Waals surface area contributed by atoms with Crippen molar-refractivity contribution in [1.29, 1.82) is 5.26 Å². The van der Waals surface area contributed by atoms with E-state index in [2.05, 4.69) is 80.8 Å². The molecule has 0 spiro atoms. The van der Waals surface area contributed by atoms with Crippen LogP contribution in [-0.2, 0) is 11.2 Å². The maximum atomic E-state index is 10.0. The van der Waals surface area contributed by atoms with Gasteiger partial charge in [0.05, 0.1) is 16.1 Å². The summed E-state index contributed by atoms with van der Waals surface area (Å²) in [7, 11) is 0. The first-order valence-electron chi connectivity index (χ1n) is 11.3. The quantitative estimate of drug-likeness (QED) is 0.179. The van der Waals surface area contributed by atoms with Gasteiger partial charge in [0, 0.05) is 22.8 Å². The Morgan fingerprint density at radius 2 is 1.71 bits per heavy atom. The molecular weight excluding hydrogens is 473 g/mol. The van der Waals surface area contributed by atoms with Gasteiger partial charge in [-0.05, 0) is 39.6 Å². The number of rotatable bonds is 8. The van der Waals surface area contributed by atoms with E-state index in [0.717, 1.165) is 44.0 Å². The highest BCUT2D eigenvalue weighted by Crippen LogP contribution is 2.35. The van der Waals surface area contributed by atoms with Gasteiger partial charge in [-0.3, -0.25) is 0 Å². The second-order valence-corrected chi connectivity index (χ2v) is 12.2. The van der Waals surface area contributed by atoms with E-state index in [0.29, 0.717) is 5.56 Å². The summed E-state index contributed by atoms with van der Waals surface area (Å²) >= 11 is 5.28. The predicted molar refractivity (Wildman–Crippen MR) is 150 cm³/mol. The van der Waals surface area contributed by atoms with Crippen LogP contribution in [0.2, 0.25) is 0 Å². The molecule has 0 aliphatic rings. The van der Waals surface area contributed by atoms with Gasteiger partial charge in [-0.2, -0.15) is 17.0 Å². The van der Waals surface area contributed by atoms with Crippen LogP contribution in [0.5, 0.6) is 0 Å². The maximum absolute atomic E-state index is 10.0. The zero-order chi connectivity index (χ0) is 24.0. The number of nitrogens with zero attached hydrogens (tertiary/aromatic N) is 2. The molecule has 4 rings (SSSR count). The van der Waals surface area contributed by atoms with Crippen molar-refractivity contribution < 1.29 is 0 Å². The van der Waals surface area contributed by atoms with Gasteiger partial charge in [0.2, 0.25) is 0 Å². The van der Waals surface area contributed by atoms with E-state index in [1.54, 1.807) is 23.1 Å². The lowest BCUT2D eigenvalue weighted by Crippen LogP contribution is -2.10. The maximum Gasteiger partial charge on any atom is 0.115 e. The minimum atomic E-state index is 0.185. The van der Waals surface area contributed by atoms with Crippen LogP contribution >= 0.6 is 34.9 Å². The molecule has 0 atom stereocenters. The molecule has 0 N–H and O–H groups in total. The number of thioether (sulfide) groups is 2. The van der Waals surface area contributed by atoms with Crippen molar-refractivity contribution >= 4 is 34.9 Å². The molecule has 2 aromatic carbocycles. The molecule has 0 radical (unpaired) electrons. The van der Waals surface area contributed by atoms with Crippen LogP contribution in [0, 0.1) is 11.3 Å². The van der Waals surface area contributed by atoms with Crippen LogP contribution in [0.3, 0.4) is 0 Å². The third-order valence-corrected chi connectivity index (χ3v) is 8.67. The largest absolute Gasteiger partial charge is 0.239 e. The summed E-state index contributed by atoms with van der Waals surface area (Å²) in [6.07, 6.45) is 0. The fraction of sp³-hybridized carbons (Fsp3) is 0.241. The van der Waals surface area contributed by atoms with Crippen LogP contribution < -0.4 is 0 Å². The minimum absolute atomic E-state index is 0.185. The zero-order valence-corrected chi connectivity index (χ0v) is 22.2. The number of hydrogen-bond acceptors (Lipinski definition) is 5. The lowest BCUT2D eigenvalue weighted by atomic mass is 9.87. The first-order valence-corrected chi connectivity index (χ1v) is 14.3. The van der Waals surface area contributed by atoms with Crippen molar-refractivity contribution in [1.82, 2.24) is 4.98 Å². The second kappa shape index (κ2) is 11.3. The van der Waals surface area contributed by atoms with Crippen molar-refractivity contribution in [2.45, 2.75) is 37.0 Å². The third kappa shape index (κ3) is 6.13. The molecule has 5 heteroatoms. The number of nitriles is 1. The van der Waals surface area contributed by atoms with Crippen molar-refractivity contribution in [3.8, 4) is 27.8 Å². The van der Waals surface area contributed by atoms with E-state index in [1.807, 2.05) is 36.0 Å². The smallest absolute Gasteiger partial charge is 0.115 e. The van der Waals surface area contributed by atoms with Crippen LogP contribution in [-0.4, -0.2) is 16.5 Å². The van der Waals surface area contributed by atoms with Crippen LogP contribution in [0.4, 0.5) is 0 Å². The normalized spacial score (nSPS) is 11.4. The van der Waals surface area contributed by atoms with Crippen molar-refractivity contribution in [3.63, 3.8) is 0 Å². The molecule has 0 amide bonds. The summed E-state index contributed by atoms with van der Waals surface area (Å²) in [6.45, 7) is 6.73. The lowest BCUT2D eigenvalue weighted by molar-refractivity contribution is 0.590. The summed E-state index contributed by atoms with van der Waals surface area (Å²) in [5.41, 5.74) is 6.51. The van der Waals surface area contributed by atoms with E-state index in [4.69, 9.17) is 4.98 Å². The third-order valence-electron chi connectivity index (χ3n) is 5.51. The molecule has 2 nitrogen and oxygen atoms in total. The average molecular weight is 501 g/mol. The molecule has 172 valence electrons. The Labute approximate surface area is 215 Å². The number of benzene rings is 2. The second-order valence-electron chi connectivity index (χ2n) is 9.04. The van der Waals surface area contributed by atoms with Crippen LogP contribution in [0.15, 0.2) is 83.2 Å². The van der Waals surface area contributed by atoms with Crippen LogP contribution in [0.25, 0.3) is 21.7 Å². The van der Waals surface area contributed by atoms with Gasteiger partial charge >= 0.3 is 0 Å². The molecule has 0 aliphatic carbocycles. The SMILES string of the molecule is CC(C)(C)c1ccc(CSCCSc2nc(-c3cccs3)cc(-c3ccccc3)c2C#N)cc1. The summed E-state index contributed by atoms with van der Waals surface area (Å²) in [4.78, 5) is 6.02. The van der Waals surface area contributed by atoms with Crippen molar-refractivity contribution in [2.24, 2.45) is 0 Å². The molecule has 2 heterocycles. The van der Waals surface area contributed by atoms with Gasteiger partial charge in [-0.1, -0.05) is 81.4 Å². The fourth-order valence-corrected chi connectivity index (χ4v) is 6.34. The summed E-state index contributed by atoms with van der Waals surface area (Å²) in [5.74, 6) is 2.91. The van der Waals surface area contributed by atoms with Gasteiger partial charge in [-0.15, -0.1) is 23.1 Å². The average Bonchev–Trinajstić information content (AvgIpc) is 3.39. The Kier molecular flexibility index (Phi) is 8.15. The first-order chi connectivity index (χ1) is 16.5. The van der Waals surface area contributed by atoms with Crippen molar-refractivity contribution in [3.05, 3.63) is 94.9 Å². The van der Waals surface area contributed by atoms with Gasteiger partial charge in [-0.25, -0.2) is 4.98 Å². The first kappa shape index (κ1) is 24.6. The number of aromatic nitrogens is 1. The lowest BCUT2D eigenvalue weighted by Gasteiger charge is -2.19. The molecule has 2 aromatic heterocycles. The van der Waals surface area contributed by atoms with Gasteiger partial charge in [0.1, 0.15) is 11.1 Å². The molecule has 0 aliphatic heterocycles. The van der Waals surface area contributed by atoms with E-state index in [9.17, 15) is 5.26 Å². The van der Waals surface area contributed by atoms with E-state index in [-0.39, 0.29) is 5.41 Å². The molecule has 0 saturated heterocycles. The Bertz CT molecular complexity index is 1250. The molecular formula is C29H28N2S3. The Balaban J connectivity index is 1.46. The predicted octanol–water partition coefficient (Wildman–Crippen LogP) is 8.67. The number of pyridine rings is 1. The highest BCUT2D eigenvalue weighted by atomic mass is 32.2. The molecule has 0 fully saturated rings. The van der Waals surface area contributed by atoms with Gasteiger partial charge < -0.3 is 0 Å². The van der Waals surface area contributed by atoms with Crippen molar-refractivity contribution in [2.75, 3.05) is 11.5 Å². The highest BCUT2D eigenvalue weighted by Gasteiger charge is 2.16.